The van der Waals surface area contributed by atoms with E-state index in [2.05, 4.69) is 12.1 Å². The van der Waals surface area contributed by atoms with Crippen molar-refractivity contribution in [3.8, 4) is 0 Å². The molecule has 0 atom stereocenters. The Morgan fingerprint density at radius 2 is 1.59 bits per heavy atom. The van der Waals surface area contributed by atoms with Crippen molar-refractivity contribution in [1.29, 1.82) is 0 Å². The molecule has 2 fully saturated rings. The summed E-state index contributed by atoms with van der Waals surface area (Å²) in [6.45, 7) is 4.68. The molecule has 1 aromatic carbocycles. The van der Waals surface area contributed by atoms with Gasteiger partial charge in [-0.05, 0) is 18.9 Å². The van der Waals surface area contributed by atoms with E-state index in [1.54, 1.807) is 11.8 Å². The Hall–Kier alpha value is -1.99. The van der Waals surface area contributed by atoms with Crippen LogP contribution in [0.1, 0.15) is 25.7 Å². The van der Waals surface area contributed by atoms with E-state index in [0.717, 1.165) is 41.7 Å². The molecule has 0 saturated carbocycles. The van der Waals surface area contributed by atoms with Gasteiger partial charge in [0.15, 0.2) is 0 Å². The Kier molecular flexibility index (Phi) is 6.77. The predicted octanol–water partition coefficient (Wildman–Crippen LogP) is 2.99. The van der Waals surface area contributed by atoms with Gasteiger partial charge < -0.3 is 19.1 Å². The van der Waals surface area contributed by atoms with E-state index < -0.39 is 0 Å². The fraction of sp³-hybridized carbons (Fsp3) is 0.545. The number of thioether (sulfide) groups is 1. The first-order valence-corrected chi connectivity index (χ1v) is 11.5. The van der Waals surface area contributed by atoms with E-state index in [4.69, 9.17) is 4.74 Å². The molecule has 3 heterocycles. The number of carbonyl (C=O) groups is 2. The zero-order chi connectivity index (χ0) is 20.1. The van der Waals surface area contributed by atoms with Crippen molar-refractivity contribution in [1.82, 2.24) is 14.4 Å². The van der Waals surface area contributed by atoms with E-state index >= 15 is 0 Å². The van der Waals surface area contributed by atoms with Gasteiger partial charge in [0, 0.05) is 48.2 Å². The summed E-state index contributed by atoms with van der Waals surface area (Å²) in [6, 6.07) is 8.14. The monoisotopic (exact) mass is 415 g/mol. The summed E-state index contributed by atoms with van der Waals surface area (Å²) in [7, 11) is 0. The van der Waals surface area contributed by atoms with Gasteiger partial charge >= 0.3 is 0 Å². The van der Waals surface area contributed by atoms with E-state index in [1.807, 2.05) is 32.7 Å². The molecule has 2 aliphatic heterocycles. The van der Waals surface area contributed by atoms with Gasteiger partial charge in [0.1, 0.15) is 6.54 Å². The van der Waals surface area contributed by atoms with Crippen LogP contribution in [-0.2, 0) is 20.9 Å². The number of likely N-dealkylation sites (tertiary alicyclic amines) is 1. The molecule has 2 aromatic rings. The number of fused-ring (bicyclic) bond motifs is 1. The maximum atomic E-state index is 12.9. The minimum atomic E-state index is 0.149. The van der Waals surface area contributed by atoms with Gasteiger partial charge in [-0.3, -0.25) is 9.59 Å². The second-order valence-electron chi connectivity index (χ2n) is 7.72. The van der Waals surface area contributed by atoms with Crippen LogP contribution < -0.4 is 0 Å². The van der Waals surface area contributed by atoms with Crippen LogP contribution >= 0.6 is 11.8 Å². The van der Waals surface area contributed by atoms with Crippen LogP contribution in [0.15, 0.2) is 35.4 Å². The van der Waals surface area contributed by atoms with E-state index in [9.17, 15) is 9.59 Å². The molecule has 6 nitrogen and oxygen atoms in total. The molecule has 0 unspecified atom stereocenters. The normalized spacial score (nSPS) is 18.1. The molecular weight excluding hydrogens is 386 g/mol. The third-order valence-corrected chi connectivity index (χ3v) is 6.76. The summed E-state index contributed by atoms with van der Waals surface area (Å²) < 4.78 is 7.37. The Balaban J connectivity index is 1.46. The van der Waals surface area contributed by atoms with Crippen molar-refractivity contribution in [3.63, 3.8) is 0 Å². The highest BCUT2D eigenvalue weighted by Crippen LogP contribution is 2.30. The van der Waals surface area contributed by atoms with Crippen molar-refractivity contribution < 1.29 is 14.3 Å². The van der Waals surface area contributed by atoms with Gasteiger partial charge in [-0.1, -0.05) is 31.0 Å². The summed E-state index contributed by atoms with van der Waals surface area (Å²) in [4.78, 5) is 30.3. The molecule has 2 saturated heterocycles. The lowest BCUT2D eigenvalue weighted by molar-refractivity contribution is -0.132. The third-order valence-electron chi connectivity index (χ3n) is 5.73. The lowest BCUT2D eigenvalue weighted by Crippen LogP contribution is -2.41. The second kappa shape index (κ2) is 9.67. The zero-order valence-corrected chi connectivity index (χ0v) is 17.7. The van der Waals surface area contributed by atoms with E-state index in [0.29, 0.717) is 38.6 Å². The molecule has 156 valence electrons. The molecule has 7 heteroatoms. The first kappa shape index (κ1) is 20.3. The summed E-state index contributed by atoms with van der Waals surface area (Å²) in [6.07, 6.45) is 6.67. The van der Waals surface area contributed by atoms with Gasteiger partial charge in [0.05, 0.1) is 19.0 Å². The number of carbonyl (C=O) groups excluding carboxylic acids is 2. The molecule has 29 heavy (non-hydrogen) atoms. The van der Waals surface area contributed by atoms with Crippen LogP contribution in [0, 0.1) is 0 Å². The van der Waals surface area contributed by atoms with Gasteiger partial charge in [-0.15, -0.1) is 11.8 Å². The van der Waals surface area contributed by atoms with Crippen molar-refractivity contribution >= 4 is 34.5 Å². The van der Waals surface area contributed by atoms with Crippen LogP contribution in [0.3, 0.4) is 0 Å². The summed E-state index contributed by atoms with van der Waals surface area (Å²) in [5, 5.41) is 1.11. The number of para-hydroxylation sites is 1. The first-order valence-electron chi connectivity index (χ1n) is 10.6. The molecule has 1 aromatic heterocycles. The van der Waals surface area contributed by atoms with Crippen molar-refractivity contribution in [3.05, 3.63) is 30.5 Å². The van der Waals surface area contributed by atoms with E-state index in [1.165, 1.54) is 12.8 Å². The highest BCUT2D eigenvalue weighted by Gasteiger charge is 2.20. The highest BCUT2D eigenvalue weighted by molar-refractivity contribution is 8.00. The lowest BCUT2D eigenvalue weighted by atomic mass is 10.2. The summed E-state index contributed by atoms with van der Waals surface area (Å²) in [5.74, 6) is 0.748. The van der Waals surface area contributed by atoms with Crippen LogP contribution in [0.25, 0.3) is 10.9 Å². The molecule has 0 radical (unpaired) electrons. The van der Waals surface area contributed by atoms with Crippen molar-refractivity contribution in [2.45, 2.75) is 37.1 Å². The summed E-state index contributed by atoms with van der Waals surface area (Å²) >= 11 is 1.56. The second-order valence-corrected chi connectivity index (χ2v) is 8.73. The average Bonchev–Trinajstić information content (AvgIpc) is 2.93. The zero-order valence-electron chi connectivity index (χ0n) is 16.8. The number of hydrogen-bond donors (Lipinski definition) is 0. The largest absolute Gasteiger partial charge is 0.378 e. The molecule has 4 rings (SSSR count). The molecule has 0 N–H and O–H groups in total. The standard InChI is InChI=1S/C22H29N3O3S/c26-21(23-9-5-1-2-6-10-23)16-25-15-20(18-7-3-4-8-19(18)25)29-17-22(27)24-11-13-28-14-12-24/h3-4,7-8,15H,1-2,5-6,9-14,16-17H2. The number of morpholine rings is 1. The predicted molar refractivity (Wildman–Crippen MR) is 115 cm³/mol. The Morgan fingerprint density at radius 1 is 0.897 bits per heavy atom. The maximum absolute atomic E-state index is 12.9. The van der Waals surface area contributed by atoms with Gasteiger partial charge in [-0.25, -0.2) is 0 Å². The number of hydrogen-bond acceptors (Lipinski definition) is 4. The minimum absolute atomic E-state index is 0.149. The molecule has 0 spiro atoms. The van der Waals surface area contributed by atoms with Crippen LogP contribution in [0.2, 0.25) is 0 Å². The lowest BCUT2D eigenvalue weighted by Gasteiger charge is -2.26. The van der Waals surface area contributed by atoms with Gasteiger partial charge in [0.2, 0.25) is 11.8 Å². The topological polar surface area (TPSA) is 54.8 Å². The number of benzene rings is 1. The minimum Gasteiger partial charge on any atom is -0.378 e. The number of aromatic nitrogens is 1. The number of amides is 2. The molecular formula is C22H29N3O3S. The van der Waals surface area contributed by atoms with Gasteiger partial charge in [0.25, 0.3) is 0 Å². The fourth-order valence-corrected chi connectivity index (χ4v) is 5.06. The molecule has 2 amide bonds. The van der Waals surface area contributed by atoms with Gasteiger partial charge in [-0.2, -0.15) is 0 Å². The van der Waals surface area contributed by atoms with Crippen molar-refractivity contribution in [2.24, 2.45) is 0 Å². The maximum Gasteiger partial charge on any atom is 0.242 e. The number of rotatable bonds is 5. The number of ether oxygens (including phenoxy) is 1. The van der Waals surface area contributed by atoms with Crippen LogP contribution in [-0.4, -0.2) is 71.3 Å². The number of nitrogens with zero attached hydrogens (tertiary/aromatic N) is 3. The third kappa shape index (κ3) is 4.95. The SMILES string of the molecule is O=C(CSc1cn(CC(=O)N2CCCCCC2)c2ccccc12)N1CCOCC1. The Labute approximate surface area is 176 Å². The quantitative estimate of drug-likeness (QED) is 0.705. The van der Waals surface area contributed by atoms with Crippen LogP contribution in [0.5, 0.6) is 0 Å². The molecule has 0 bridgehead atoms. The van der Waals surface area contributed by atoms with Crippen molar-refractivity contribution in [2.75, 3.05) is 45.1 Å². The fourth-order valence-electron chi connectivity index (χ4n) is 4.07. The van der Waals surface area contributed by atoms with Crippen LogP contribution in [0.4, 0.5) is 0 Å². The smallest absolute Gasteiger partial charge is 0.242 e. The Bertz CT molecular complexity index is 852. The molecule has 0 aliphatic carbocycles. The summed E-state index contributed by atoms with van der Waals surface area (Å²) in [5.41, 5.74) is 1.05. The highest BCUT2D eigenvalue weighted by atomic mass is 32.2. The molecule has 2 aliphatic rings. The Morgan fingerprint density at radius 3 is 2.34 bits per heavy atom. The van der Waals surface area contributed by atoms with E-state index in [-0.39, 0.29) is 11.8 Å². The average molecular weight is 416 g/mol. The first-order chi connectivity index (χ1) is 14.2.